The van der Waals surface area contributed by atoms with Crippen molar-refractivity contribution >= 4 is 35.4 Å². The van der Waals surface area contributed by atoms with Crippen LogP contribution in [0.25, 0.3) is 0 Å². The molecule has 1 saturated carbocycles. The average Bonchev–Trinajstić information content (AvgIpc) is 3.03. The van der Waals surface area contributed by atoms with Crippen molar-refractivity contribution in [1.29, 1.82) is 5.41 Å². The molecule has 0 aliphatic heterocycles. The Balaban J connectivity index is 1.81. The van der Waals surface area contributed by atoms with E-state index in [1.807, 2.05) is 30.3 Å². The van der Waals surface area contributed by atoms with Crippen LogP contribution in [0.15, 0.2) is 59.6 Å². The summed E-state index contributed by atoms with van der Waals surface area (Å²) >= 11 is 0. The van der Waals surface area contributed by atoms with E-state index >= 15 is 0 Å². The SMILES string of the molecule is N=C(N)c1ccc(C[C@H](C(=O)NCc2ccccc2)C(=O)NC(C(=O)NC(CCCN=C(N)N)C(N)=O)C2CCCCC2)cc1. The zero-order valence-electron chi connectivity index (χ0n) is 25.5. The molecule has 0 bridgehead atoms. The summed E-state index contributed by atoms with van der Waals surface area (Å²) in [6, 6.07) is 14.1. The highest BCUT2D eigenvalue weighted by Gasteiger charge is 2.36. The molecular weight excluding hydrogens is 574 g/mol. The molecule has 242 valence electrons. The quantitative estimate of drug-likeness (QED) is 0.0573. The summed E-state index contributed by atoms with van der Waals surface area (Å²) in [6.07, 6.45) is 4.90. The molecule has 13 heteroatoms. The smallest absolute Gasteiger partial charge is 0.243 e. The summed E-state index contributed by atoms with van der Waals surface area (Å²) in [7, 11) is 0. The highest BCUT2D eigenvalue weighted by Crippen LogP contribution is 2.27. The van der Waals surface area contributed by atoms with Gasteiger partial charge in [0, 0.05) is 18.7 Å². The number of nitrogens with zero attached hydrogens (tertiary/aromatic N) is 1. The first kappa shape index (κ1) is 34.5. The molecule has 12 N–H and O–H groups in total. The molecule has 13 nitrogen and oxygen atoms in total. The molecule has 0 heterocycles. The Morgan fingerprint density at radius 3 is 2.09 bits per heavy atom. The van der Waals surface area contributed by atoms with E-state index in [0.717, 1.165) is 24.8 Å². The molecular formula is C32H45N9O4. The van der Waals surface area contributed by atoms with E-state index in [1.54, 1.807) is 24.3 Å². The van der Waals surface area contributed by atoms with Crippen LogP contribution in [0.2, 0.25) is 0 Å². The first-order valence-corrected chi connectivity index (χ1v) is 15.3. The first-order chi connectivity index (χ1) is 21.5. The van der Waals surface area contributed by atoms with E-state index in [9.17, 15) is 19.2 Å². The van der Waals surface area contributed by atoms with Gasteiger partial charge >= 0.3 is 0 Å². The maximum atomic E-state index is 13.9. The molecule has 4 amide bonds. The molecule has 3 atom stereocenters. The summed E-state index contributed by atoms with van der Waals surface area (Å²) < 4.78 is 0. The average molecular weight is 620 g/mol. The third-order valence-electron chi connectivity index (χ3n) is 7.95. The number of primary amides is 1. The fourth-order valence-corrected chi connectivity index (χ4v) is 5.44. The Bertz CT molecular complexity index is 1340. The second-order valence-corrected chi connectivity index (χ2v) is 11.4. The van der Waals surface area contributed by atoms with Gasteiger partial charge in [-0.15, -0.1) is 0 Å². The Hall–Kier alpha value is -4.94. The molecule has 2 unspecified atom stereocenters. The van der Waals surface area contributed by atoms with Gasteiger partial charge in [0.05, 0.1) is 0 Å². The first-order valence-electron chi connectivity index (χ1n) is 15.3. The van der Waals surface area contributed by atoms with Crippen LogP contribution < -0.4 is 38.9 Å². The molecule has 2 aromatic rings. The molecule has 1 aliphatic carbocycles. The van der Waals surface area contributed by atoms with Gasteiger partial charge in [0.25, 0.3) is 0 Å². The molecule has 2 aromatic carbocycles. The van der Waals surface area contributed by atoms with Crippen LogP contribution >= 0.6 is 0 Å². The lowest BCUT2D eigenvalue weighted by Crippen LogP contribution is -2.57. The number of hydrogen-bond donors (Lipinski definition) is 8. The summed E-state index contributed by atoms with van der Waals surface area (Å²) in [5.41, 5.74) is 24.0. The van der Waals surface area contributed by atoms with Crippen LogP contribution in [0, 0.1) is 17.2 Å². The summed E-state index contributed by atoms with van der Waals surface area (Å²) in [6.45, 7) is 0.483. The third kappa shape index (κ3) is 11.2. The predicted octanol–water partition coefficient (Wildman–Crippen LogP) is 0.535. The zero-order chi connectivity index (χ0) is 32.8. The van der Waals surface area contributed by atoms with Crippen LogP contribution in [0.3, 0.4) is 0 Å². The fraction of sp³-hybridized carbons (Fsp3) is 0.438. The molecule has 45 heavy (non-hydrogen) atoms. The van der Waals surface area contributed by atoms with Gasteiger partial charge in [0.15, 0.2) is 5.96 Å². The van der Waals surface area contributed by atoms with Crippen molar-refractivity contribution in [3.63, 3.8) is 0 Å². The highest BCUT2D eigenvalue weighted by atomic mass is 16.2. The number of aliphatic imine (C=N–C) groups is 1. The standard InChI is InChI=1S/C32H45N9O4/c33-27(34)23-15-13-20(14-16-23)18-24(29(43)39-19-21-8-3-1-4-9-21)30(44)41-26(22-10-5-2-6-11-22)31(45)40-25(28(35)42)12-7-17-38-32(36)37/h1,3-4,8-9,13-16,22,24-26H,2,5-7,10-12,17-19H2,(H3,33,34)(H2,35,42)(H,39,43)(H,40,45)(H,41,44)(H4,36,37,38)/t24-,25?,26?/m1/s1. The van der Waals surface area contributed by atoms with Gasteiger partial charge < -0.3 is 38.9 Å². The predicted molar refractivity (Wildman–Crippen MR) is 172 cm³/mol. The molecule has 0 saturated heterocycles. The van der Waals surface area contributed by atoms with E-state index in [4.69, 9.17) is 28.3 Å². The largest absolute Gasteiger partial charge is 0.384 e. The van der Waals surface area contributed by atoms with Crippen LogP contribution in [0.5, 0.6) is 0 Å². The summed E-state index contributed by atoms with van der Waals surface area (Å²) in [5.74, 6) is -3.86. The summed E-state index contributed by atoms with van der Waals surface area (Å²) in [5, 5.41) is 16.1. The fourth-order valence-electron chi connectivity index (χ4n) is 5.44. The van der Waals surface area contributed by atoms with Crippen molar-refractivity contribution in [2.45, 2.75) is 70.0 Å². The molecule has 0 spiro atoms. The number of carbonyl (C=O) groups excluding carboxylic acids is 4. The number of guanidine groups is 1. The van der Waals surface area contributed by atoms with E-state index in [-0.39, 0.29) is 43.6 Å². The van der Waals surface area contributed by atoms with Crippen LogP contribution in [0.1, 0.15) is 61.6 Å². The van der Waals surface area contributed by atoms with Gasteiger partial charge in [0.2, 0.25) is 23.6 Å². The minimum atomic E-state index is -1.16. The van der Waals surface area contributed by atoms with Gasteiger partial charge in [-0.05, 0) is 49.1 Å². The number of nitrogens with two attached hydrogens (primary N) is 4. The lowest BCUT2D eigenvalue weighted by molar-refractivity contribution is -0.139. The maximum absolute atomic E-state index is 13.9. The number of amides is 4. The zero-order valence-corrected chi connectivity index (χ0v) is 25.5. The second kappa shape index (κ2) is 17.4. The van der Waals surface area contributed by atoms with E-state index in [1.165, 1.54) is 0 Å². The monoisotopic (exact) mass is 619 g/mol. The number of amidine groups is 1. The maximum Gasteiger partial charge on any atom is 0.243 e. The lowest BCUT2D eigenvalue weighted by Gasteiger charge is -2.32. The molecule has 3 rings (SSSR count). The Labute approximate surface area is 263 Å². The topological polar surface area (TPSA) is 245 Å². The van der Waals surface area contributed by atoms with Gasteiger partial charge in [-0.3, -0.25) is 29.6 Å². The van der Waals surface area contributed by atoms with Crippen molar-refractivity contribution in [1.82, 2.24) is 16.0 Å². The van der Waals surface area contributed by atoms with Gasteiger partial charge in [-0.1, -0.05) is 73.9 Å². The highest BCUT2D eigenvalue weighted by molar-refractivity contribution is 6.02. The minimum Gasteiger partial charge on any atom is -0.384 e. The van der Waals surface area contributed by atoms with Gasteiger partial charge in [-0.2, -0.15) is 0 Å². The van der Waals surface area contributed by atoms with Crippen molar-refractivity contribution in [2.24, 2.45) is 39.8 Å². The van der Waals surface area contributed by atoms with Crippen LogP contribution in [-0.4, -0.2) is 54.1 Å². The minimum absolute atomic E-state index is 0.0539. The Morgan fingerprint density at radius 2 is 1.49 bits per heavy atom. The Kier molecular flexibility index (Phi) is 13.3. The number of hydrogen-bond acceptors (Lipinski definition) is 6. The summed E-state index contributed by atoms with van der Waals surface area (Å²) in [4.78, 5) is 57.2. The van der Waals surface area contributed by atoms with Crippen molar-refractivity contribution in [3.05, 3.63) is 71.3 Å². The van der Waals surface area contributed by atoms with E-state index in [2.05, 4.69) is 20.9 Å². The number of nitrogen functional groups attached to an aromatic ring is 1. The van der Waals surface area contributed by atoms with Crippen molar-refractivity contribution in [2.75, 3.05) is 6.54 Å². The number of carbonyl (C=O) groups is 4. The van der Waals surface area contributed by atoms with Crippen molar-refractivity contribution < 1.29 is 19.2 Å². The molecule has 0 radical (unpaired) electrons. The van der Waals surface area contributed by atoms with Crippen LogP contribution in [-0.2, 0) is 32.1 Å². The number of nitrogens with one attached hydrogen (secondary N) is 4. The molecule has 1 fully saturated rings. The normalized spacial score (nSPS) is 15.1. The van der Waals surface area contributed by atoms with Gasteiger partial charge in [-0.25, -0.2) is 0 Å². The molecule has 0 aromatic heterocycles. The van der Waals surface area contributed by atoms with Crippen molar-refractivity contribution in [3.8, 4) is 0 Å². The van der Waals surface area contributed by atoms with Crippen LogP contribution in [0.4, 0.5) is 0 Å². The molecule has 1 aliphatic rings. The second-order valence-electron chi connectivity index (χ2n) is 11.4. The van der Waals surface area contributed by atoms with Gasteiger partial charge in [0.1, 0.15) is 23.8 Å². The van der Waals surface area contributed by atoms with E-state index < -0.39 is 41.6 Å². The van der Waals surface area contributed by atoms with E-state index in [0.29, 0.717) is 30.4 Å². The number of benzene rings is 2. The number of rotatable bonds is 16. The Morgan fingerprint density at radius 1 is 0.822 bits per heavy atom. The lowest BCUT2D eigenvalue weighted by atomic mass is 9.83. The third-order valence-corrected chi connectivity index (χ3v) is 7.95.